The first kappa shape index (κ1) is 14.6. The second-order valence-electron chi connectivity index (χ2n) is 7.28. The maximum atomic E-state index is 13.6. The highest BCUT2D eigenvalue weighted by Crippen LogP contribution is 2.59. The zero-order valence-electron chi connectivity index (χ0n) is 13.0. The van der Waals surface area contributed by atoms with E-state index in [1.54, 1.807) is 12.1 Å². The van der Waals surface area contributed by atoms with Crippen LogP contribution in [0.3, 0.4) is 0 Å². The third-order valence-corrected chi connectivity index (χ3v) is 5.93. The molecule has 2 saturated carbocycles. The van der Waals surface area contributed by atoms with Gasteiger partial charge in [0, 0.05) is 11.6 Å². The first-order valence-electron chi connectivity index (χ1n) is 8.33. The number of carboxylic acids is 1. The molecule has 120 valence electrons. The standard InChI is InChI=1S/C19H20FNO2/c20-14-1-2-17-16(9-14)15(5-8-21-17)13-10-19(11-13)6-3-12(4-7-19)18(22)23/h1-2,5,8-9,12-13H,3-4,6-7,10-11H2,(H,22,23). The normalized spacial score (nSPS) is 30.3. The van der Waals surface area contributed by atoms with Crippen LogP contribution >= 0.6 is 0 Å². The number of hydrogen-bond acceptors (Lipinski definition) is 2. The van der Waals surface area contributed by atoms with Gasteiger partial charge in [-0.25, -0.2) is 4.39 Å². The summed E-state index contributed by atoms with van der Waals surface area (Å²) in [5.41, 5.74) is 2.36. The molecule has 1 aromatic heterocycles. The van der Waals surface area contributed by atoms with Gasteiger partial charge in [-0.3, -0.25) is 9.78 Å². The number of carbonyl (C=O) groups is 1. The van der Waals surface area contributed by atoms with Crippen LogP contribution in [-0.4, -0.2) is 16.1 Å². The number of hydrogen-bond donors (Lipinski definition) is 1. The summed E-state index contributed by atoms with van der Waals surface area (Å²) < 4.78 is 13.6. The SMILES string of the molecule is O=C(O)C1CCC2(CC1)CC(c1ccnc3ccc(F)cc13)C2. The molecular weight excluding hydrogens is 293 g/mol. The molecule has 4 rings (SSSR count). The van der Waals surface area contributed by atoms with Crippen LogP contribution in [0.15, 0.2) is 30.5 Å². The molecule has 0 amide bonds. The van der Waals surface area contributed by atoms with Crippen molar-refractivity contribution in [1.29, 1.82) is 0 Å². The highest BCUT2D eigenvalue weighted by Gasteiger charge is 2.47. The number of aliphatic carboxylic acids is 1. The van der Waals surface area contributed by atoms with Crippen LogP contribution in [0.25, 0.3) is 10.9 Å². The summed E-state index contributed by atoms with van der Waals surface area (Å²) in [6, 6.07) is 6.79. The molecule has 4 heteroatoms. The Bertz CT molecular complexity index is 757. The molecule has 1 N–H and O–H groups in total. The molecule has 2 aliphatic rings. The maximum Gasteiger partial charge on any atom is 0.306 e. The Kier molecular flexibility index (Phi) is 3.36. The van der Waals surface area contributed by atoms with Gasteiger partial charge in [0.2, 0.25) is 0 Å². The lowest BCUT2D eigenvalue weighted by Crippen LogP contribution is -2.40. The molecule has 2 aromatic rings. The average Bonchev–Trinajstić information content (AvgIpc) is 2.52. The fourth-order valence-corrected chi connectivity index (χ4v) is 4.59. The van der Waals surface area contributed by atoms with Gasteiger partial charge >= 0.3 is 5.97 Å². The lowest BCUT2D eigenvalue weighted by molar-refractivity contribution is -0.144. The highest BCUT2D eigenvalue weighted by molar-refractivity contribution is 5.82. The Hall–Kier alpha value is -1.97. The van der Waals surface area contributed by atoms with Crippen LogP contribution in [0, 0.1) is 17.2 Å². The zero-order chi connectivity index (χ0) is 16.0. The van der Waals surface area contributed by atoms with Crippen molar-refractivity contribution in [2.75, 3.05) is 0 Å². The van der Waals surface area contributed by atoms with Crippen LogP contribution in [-0.2, 0) is 4.79 Å². The van der Waals surface area contributed by atoms with Crippen molar-refractivity contribution >= 4 is 16.9 Å². The Balaban J connectivity index is 1.53. The molecule has 23 heavy (non-hydrogen) atoms. The van der Waals surface area contributed by atoms with Crippen LogP contribution < -0.4 is 0 Å². The molecule has 3 nitrogen and oxygen atoms in total. The third kappa shape index (κ3) is 2.50. The largest absolute Gasteiger partial charge is 0.481 e. The van der Waals surface area contributed by atoms with Gasteiger partial charge in [-0.15, -0.1) is 0 Å². The summed E-state index contributed by atoms with van der Waals surface area (Å²) in [6.07, 6.45) is 7.61. The van der Waals surface area contributed by atoms with Crippen molar-refractivity contribution in [3.63, 3.8) is 0 Å². The lowest BCUT2D eigenvalue weighted by atomic mass is 9.53. The van der Waals surface area contributed by atoms with Crippen LogP contribution in [0.4, 0.5) is 4.39 Å². The minimum Gasteiger partial charge on any atom is -0.481 e. The van der Waals surface area contributed by atoms with Crippen LogP contribution in [0.2, 0.25) is 0 Å². The van der Waals surface area contributed by atoms with E-state index in [-0.39, 0.29) is 11.7 Å². The Morgan fingerprint density at radius 1 is 1.22 bits per heavy atom. The predicted molar refractivity (Wildman–Crippen MR) is 85.7 cm³/mol. The van der Waals surface area contributed by atoms with Gasteiger partial charge in [0.1, 0.15) is 5.82 Å². The number of nitrogens with zero attached hydrogens (tertiary/aromatic N) is 1. The van der Waals surface area contributed by atoms with E-state index in [2.05, 4.69) is 4.98 Å². The molecule has 0 unspecified atom stereocenters. The molecule has 1 heterocycles. The first-order valence-corrected chi connectivity index (χ1v) is 8.33. The van der Waals surface area contributed by atoms with E-state index in [1.807, 2.05) is 12.3 Å². The molecule has 0 atom stereocenters. The highest BCUT2D eigenvalue weighted by atomic mass is 19.1. The van der Waals surface area contributed by atoms with Gasteiger partial charge in [0.25, 0.3) is 0 Å². The molecule has 2 aliphatic carbocycles. The van der Waals surface area contributed by atoms with Gasteiger partial charge in [-0.1, -0.05) is 0 Å². The van der Waals surface area contributed by atoms with Crippen molar-refractivity contribution in [3.8, 4) is 0 Å². The fourth-order valence-electron chi connectivity index (χ4n) is 4.59. The number of carboxylic acid groups (broad SMARTS) is 1. The van der Waals surface area contributed by atoms with E-state index in [9.17, 15) is 9.18 Å². The molecule has 0 aliphatic heterocycles. The van der Waals surface area contributed by atoms with E-state index in [4.69, 9.17) is 5.11 Å². The van der Waals surface area contributed by atoms with Gasteiger partial charge in [0.05, 0.1) is 11.4 Å². The van der Waals surface area contributed by atoms with Crippen molar-refractivity contribution in [1.82, 2.24) is 4.98 Å². The van der Waals surface area contributed by atoms with Gasteiger partial charge in [0.15, 0.2) is 0 Å². The third-order valence-electron chi connectivity index (χ3n) is 5.93. The zero-order valence-corrected chi connectivity index (χ0v) is 13.0. The second kappa shape index (κ2) is 5.29. The number of pyridine rings is 1. The van der Waals surface area contributed by atoms with E-state index in [0.717, 1.165) is 49.4 Å². The molecule has 1 spiro atoms. The summed E-state index contributed by atoms with van der Waals surface area (Å²) in [6.45, 7) is 0. The molecule has 0 saturated heterocycles. The van der Waals surface area contributed by atoms with Gasteiger partial charge in [-0.05, 0) is 79.7 Å². The topological polar surface area (TPSA) is 50.2 Å². The number of halogens is 1. The van der Waals surface area contributed by atoms with Crippen molar-refractivity contribution in [2.24, 2.45) is 11.3 Å². The summed E-state index contributed by atoms with van der Waals surface area (Å²) in [4.78, 5) is 15.4. The minimum atomic E-state index is -0.647. The molecule has 0 bridgehead atoms. The maximum absolute atomic E-state index is 13.6. The second-order valence-corrected chi connectivity index (χ2v) is 7.28. The average molecular weight is 313 g/mol. The Morgan fingerprint density at radius 2 is 1.96 bits per heavy atom. The summed E-state index contributed by atoms with van der Waals surface area (Å²) in [5, 5.41) is 10.1. The molecule has 2 fully saturated rings. The van der Waals surface area contributed by atoms with Gasteiger partial charge in [-0.2, -0.15) is 0 Å². The summed E-state index contributed by atoms with van der Waals surface area (Å²) in [7, 11) is 0. The monoisotopic (exact) mass is 313 g/mol. The molecule has 0 radical (unpaired) electrons. The number of aromatic nitrogens is 1. The van der Waals surface area contributed by atoms with Crippen molar-refractivity contribution in [3.05, 3.63) is 41.8 Å². The summed E-state index contributed by atoms with van der Waals surface area (Å²) in [5.74, 6) is -0.576. The van der Waals surface area contributed by atoms with Crippen LogP contribution in [0.1, 0.15) is 50.0 Å². The molecule has 1 aromatic carbocycles. The first-order chi connectivity index (χ1) is 11.1. The van der Waals surface area contributed by atoms with Crippen LogP contribution in [0.5, 0.6) is 0 Å². The van der Waals surface area contributed by atoms with E-state index in [1.165, 1.54) is 11.6 Å². The smallest absolute Gasteiger partial charge is 0.306 e. The predicted octanol–water partition coefficient (Wildman–Crippen LogP) is 4.51. The Morgan fingerprint density at radius 3 is 2.65 bits per heavy atom. The fraction of sp³-hybridized carbons (Fsp3) is 0.474. The summed E-state index contributed by atoms with van der Waals surface area (Å²) >= 11 is 0. The lowest BCUT2D eigenvalue weighted by Gasteiger charge is -2.51. The van der Waals surface area contributed by atoms with E-state index < -0.39 is 5.97 Å². The number of rotatable bonds is 2. The number of fused-ring (bicyclic) bond motifs is 1. The van der Waals surface area contributed by atoms with Crippen molar-refractivity contribution < 1.29 is 14.3 Å². The van der Waals surface area contributed by atoms with Gasteiger partial charge < -0.3 is 5.11 Å². The van der Waals surface area contributed by atoms with E-state index >= 15 is 0 Å². The van der Waals surface area contributed by atoms with Crippen molar-refractivity contribution in [2.45, 2.75) is 44.4 Å². The van der Waals surface area contributed by atoms with E-state index in [0.29, 0.717) is 11.3 Å². The quantitative estimate of drug-likeness (QED) is 0.887. The number of benzene rings is 1. The minimum absolute atomic E-state index is 0.157. The Labute approximate surface area is 134 Å². The molecular formula is C19H20FNO2.